The van der Waals surface area contributed by atoms with Gasteiger partial charge in [0.05, 0.1) is 0 Å². The highest BCUT2D eigenvalue weighted by molar-refractivity contribution is 5.47. The van der Waals surface area contributed by atoms with Crippen molar-refractivity contribution in [1.82, 2.24) is 0 Å². The molecule has 0 aliphatic heterocycles. The summed E-state index contributed by atoms with van der Waals surface area (Å²) < 4.78 is 0. The van der Waals surface area contributed by atoms with Crippen molar-refractivity contribution in [1.29, 1.82) is 0 Å². The van der Waals surface area contributed by atoms with Gasteiger partial charge in [-0.1, -0.05) is 38.5 Å². The molecule has 3 aromatic rings. The lowest BCUT2D eigenvalue weighted by molar-refractivity contribution is 0.437. The summed E-state index contributed by atoms with van der Waals surface area (Å²) in [7, 11) is 0. The molecule has 0 unspecified atom stereocenters. The fourth-order valence-corrected chi connectivity index (χ4v) is 2.82. The Bertz CT molecular complexity index is 914. The van der Waals surface area contributed by atoms with E-state index in [9.17, 15) is 15.3 Å². The van der Waals surface area contributed by atoms with E-state index in [1.807, 2.05) is 13.8 Å². The normalized spacial score (nSPS) is 9.81. The van der Waals surface area contributed by atoms with E-state index in [0.717, 1.165) is 18.4 Å². The Morgan fingerprint density at radius 2 is 1.03 bits per heavy atom. The molecule has 0 saturated carbocycles. The van der Waals surface area contributed by atoms with Gasteiger partial charge < -0.3 is 30.6 Å². The number of aryl methyl sites for hydroxylation is 1. The molecular weight excluding hydrogens is 396 g/mol. The van der Waals surface area contributed by atoms with E-state index in [1.54, 1.807) is 62.4 Å². The van der Waals surface area contributed by atoms with Crippen molar-refractivity contribution in [2.24, 2.45) is 0 Å². The van der Waals surface area contributed by atoms with Crippen molar-refractivity contribution in [2.45, 2.75) is 47.0 Å². The van der Waals surface area contributed by atoms with Crippen molar-refractivity contribution in [3.05, 3.63) is 70.8 Å². The van der Waals surface area contributed by atoms with Crippen molar-refractivity contribution < 1.29 is 30.6 Å². The molecule has 0 fully saturated rings. The quantitative estimate of drug-likeness (QED) is 0.331. The highest BCUT2D eigenvalue weighted by Gasteiger charge is 2.04. The first-order valence-electron chi connectivity index (χ1n) is 10.1. The molecule has 0 amide bonds. The van der Waals surface area contributed by atoms with Gasteiger partial charge in [-0.25, -0.2) is 0 Å². The molecule has 0 spiro atoms. The fraction of sp³-hybridized carbons (Fsp3) is 0.280. The molecule has 0 bridgehead atoms. The van der Waals surface area contributed by atoms with E-state index >= 15 is 0 Å². The van der Waals surface area contributed by atoms with E-state index in [2.05, 4.69) is 0 Å². The van der Waals surface area contributed by atoms with Gasteiger partial charge in [-0.15, -0.1) is 0 Å². The molecule has 0 saturated heterocycles. The summed E-state index contributed by atoms with van der Waals surface area (Å²) in [5, 5.41) is 55.1. The number of rotatable bonds is 3. The molecule has 0 aliphatic carbocycles. The summed E-state index contributed by atoms with van der Waals surface area (Å²) in [5.74, 6) is 1.03. The van der Waals surface area contributed by atoms with E-state index in [0.29, 0.717) is 23.1 Å². The monoisotopic (exact) mass is 428 g/mol. The summed E-state index contributed by atoms with van der Waals surface area (Å²) in [4.78, 5) is 0. The number of hydrogen-bond donors (Lipinski definition) is 6. The second-order valence-corrected chi connectivity index (χ2v) is 7.03. The van der Waals surface area contributed by atoms with Crippen LogP contribution in [0.15, 0.2) is 48.5 Å². The molecule has 0 atom stereocenters. The van der Waals surface area contributed by atoms with Gasteiger partial charge in [0.1, 0.15) is 34.5 Å². The highest BCUT2D eigenvalue weighted by atomic mass is 16.3. The summed E-state index contributed by atoms with van der Waals surface area (Å²) >= 11 is 0. The molecule has 168 valence electrons. The smallest absolute Gasteiger partial charge is 0.125 e. The minimum absolute atomic E-state index is 0.142. The van der Waals surface area contributed by atoms with Crippen molar-refractivity contribution in [2.75, 3.05) is 0 Å². The summed E-state index contributed by atoms with van der Waals surface area (Å²) in [6.45, 7) is 7.36. The van der Waals surface area contributed by atoms with Gasteiger partial charge in [0, 0.05) is 16.7 Å². The fourth-order valence-electron chi connectivity index (χ4n) is 2.82. The SMILES string of the molecule is CCCc1c(O)cccc1O.CCc1c(O)cccc1O.Cc1ccc(O)c(C)c1O. The van der Waals surface area contributed by atoms with Gasteiger partial charge in [-0.05, 0) is 62.6 Å². The number of benzene rings is 3. The summed E-state index contributed by atoms with van der Waals surface area (Å²) in [6, 6.07) is 12.8. The van der Waals surface area contributed by atoms with Crippen LogP contribution in [0.1, 0.15) is 42.5 Å². The van der Waals surface area contributed by atoms with Crippen LogP contribution < -0.4 is 0 Å². The summed E-state index contributed by atoms with van der Waals surface area (Å²) in [5.41, 5.74) is 2.59. The van der Waals surface area contributed by atoms with Crippen LogP contribution in [0.3, 0.4) is 0 Å². The van der Waals surface area contributed by atoms with Gasteiger partial charge in [-0.2, -0.15) is 0 Å². The molecule has 6 N–H and O–H groups in total. The van der Waals surface area contributed by atoms with Crippen LogP contribution in [0.5, 0.6) is 34.5 Å². The Hall–Kier alpha value is -3.54. The molecule has 31 heavy (non-hydrogen) atoms. The second kappa shape index (κ2) is 12.2. The van der Waals surface area contributed by atoms with Crippen molar-refractivity contribution in [3.63, 3.8) is 0 Å². The molecule has 3 aromatic carbocycles. The third-order valence-corrected chi connectivity index (χ3v) is 4.71. The number of phenols is 6. The first kappa shape index (κ1) is 25.5. The molecule has 6 nitrogen and oxygen atoms in total. The minimum Gasteiger partial charge on any atom is -0.508 e. The lowest BCUT2D eigenvalue weighted by atomic mass is 10.1. The molecule has 0 heterocycles. The maximum atomic E-state index is 9.26. The Balaban J connectivity index is 0.000000233. The standard InChI is InChI=1S/C9H12O2.2C8H10O2/c1-2-4-7-8(10)5-3-6-9(7)11;1-5-3-4-7(9)6(2)8(5)10;1-2-6-7(9)4-3-5-8(6)10/h3,5-6,10-11H,2,4H2,1H3;3-4,9-10H,1-2H3;3-5,9-10H,2H2,1H3. The van der Waals surface area contributed by atoms with Crippen LogP contribution >= 0.6 is 0 Å². The van der Waals surface area contributed by atoms with Crippen LogP contribution in [-0.4, -0.2) is 30.6 Å². The third-order valence-electron chi connectivity index (χ3n) is 4.71. The minimum atomic E-state index is 0.142. The number of aromatic hydroxyl groups is 6. The van der Waals surface area contributed by atoms with E-state index in [4.69, 9.17) is 15.3 Å². The molecular formula is C25H32O6. The molecule has 3 rings (SSSR count). The molecule has 0 aromatic heterocycles. The van der Waals surface area contributed by atoms with Gasteiger partial charge in [0.25, 0.3) is 0 Å². The molecule has 6 heteroatoms. The van der Waals surface area contributed by atoms with Crippen LogP contribution in [0.2, 0.25) is 0 Å². The Morgan fingerprint density at radius 1 is 0.581 bits per heavy atom. The topological polar surface area (TPSA) is 121 Å². The van der Waals surface area contributed by atoms with Crippen LogP contribution in [-0.2, 0) is 12.8 Å². The Morgan fingerprint density at radius 3 is 1.39 bits per heavy atom. The Labute approximate surface area is 183 Å². The van der Waals surface area contributed by atoms with Crippen LogP contribution in [0.4, 0.5) is 0 Å². The Kier molecular flexibility index (Phi) is 10.1. The number of phenolic OH excluding ortho intramolecular Hbond substituents is 6. The second-order valence-electron chi connectivity index (χ2n) is 7.03. The zero-order valence-electron chi connectivity index (χ0n) is 18.4. The van der Waals surface area contributed by atoms with Gasteiger partial charge in [0.2, 0.25) is 0 Å². The van der Waals surface area contributed by atoms with E-state index in [1.165, 1.54) is 0 Å². The molecule has 0 radical (unpaired) electrons. The van der Waals surface area contributed by atoms with E-state index < -0.39 is 0 Å². The largest absolute Gasteiger partial charge is 0.508 e. The third kappa shape index (κ3) is 7.33. The van der Waals surface area contributed by atoms with Crippen molar-refractivity contribution >= 4 is 0 Å². The predicted molar refractivity (Wildman–Crippen MR) is 122 cm³/mol. The van der Waals surface area contributed by atoms with Gasteiger partial charge in [-0.3, -0.25) is 0 Å². The average molecular weight is 429 g/mol. The predicted octanol–water partition coefficient (Wildman–Crippen LogP) is 5.43. The number of hydrogen-bond acceptors (Lipinski definition) is 6. The van der Waals surface area contributed by atoms with Gasteiger partial charge >= 0.3 is 0 Å². The average Bonchev–Trinajstić information content (AvgIpc) is 2.73. The highest BCUT2D eigenvalue weighted by Crippen LogP contribution is 2.29. The van der Waals surface area contributed by atoms with E-state index in [-0.39, 0.29) is 34.5 Å². The van der Waals surface area contributed by atoms with Gasteiger partial charge in [0.15, 0.2) is 0 Å². The maximum absolute atomic E-state index is 9.26. The zero-order chi connectivity index (χ0) is 23.6. The maximum Gasteiger partial charge on any atom is 0.125 e. The summed E-state index contributed by atoms with van der Waals surface area (Å²) in [6.07, 6.45) is 2.29. The van der Waals surface area contributed by atoms with Crippen molar-refractivity contribution in [3.8, 4) is 34.5 Å². The first-order valence-corrected chi connectivity index (χ1v) is 10.1. The zero-order valence-corrected chi connectivity index (χ0v) is 18.4. The first-order chi connectivity index (χ1) is 14.6. The lowest BCUT2D eigenvalue weighted by Crippen LogP contribution is -1.84. The lowest BCUT2D eigenvalue weighted by Gasteiger charge is -2.03. The van der Waals surface area contributed by atoms with Crippen LogP contribution in [0, 0.1) is 13.8 Å². The van der Waals surface area contributed by atoms with Crippen LogP contribution in [0.25, 0.3) is 0 Å². The molecule has 0 aliphatic rings.